The highest BCUT2D eigenvalue weighted by atomic mass is 32.2. The van der Waals surface area contributed by atoms with Gasteiger partial charge in [-0.05, 0) is 43.2 Å². The van der Waals surface area contributed by atoms with E-state index in [1.807, 2.05) is 6.07 Å². The molecule has 0 bridgehead atoms. The molecule has 0 heterocycles. The monoisotopic (exact) mass is 492 g/mol. The fourth-order valence-corrected chi connectivity index (χ4v) is 5.62. The summed E-state index contributed by atoms with van der Waals surface area (Å²) in [6.07, 6.45) is -9.85. The number of anilines is 1. The predicted molar refractivity (Wildman–Crippen MR) is 106 cm³/mol. The zero-order valence-electron chi connectivity index (χ0n) is 16.9. The molecule has 1 fully saturated rings. The largest absolute Gasteiger partial charge is 0.430 e. The molecule has 0 atom stereocenters. The minimum atomic E-state index is -6.05. The summed E-state index contributed by atoms with van der Waals surface area (Å²) in [6.45, 7) is 0. The molecule has 1 N–H and O–H groups in total. The normalized spacial score (nSPS) is 15.9. The number of rotatable bonds is 5. The first-order valence-corrected chi connectivity index (χ1v) is 11.2. The minimum absolute atomic E-state index is 0.0678. The van der Waals surface area contributed by atoms with E-state index in [2.05, 4.69) is 0 Å². The Morgan fingerprint density at radius 1 is 0.939 bits per heavy atom. The first-order chi connectivity index (χ1) is 15.2. The standard InChI is InChI=1S/C21H18F6N2O3S/c22-20(23,24)19(30,21(25,26)27)15-8-10-17(11-9-15)29(16-5-1-2-6-16)33(31,32)18-7-3-4-14(12-18)13-28/h3-4,7-12,16,30H,1-2,5-6H2. The Balaban J connectivity index is 2.11. The van der Waals surface area contributed by atoms with Gasteiger partial charge in [0.05, 0.1) is 22.2 Å². The molecule has 33 heavy (non-hydrogen) atoms. The van der Waals surface area contributed by atoms with E-state index in [-0.39, 0.29) is 16.1 Å². The molecule has 0 amide bonds. The topological polar surface area (TPSA) is 81.4 Å². The van der Waals surface area contributed by atoms with Crippen LogP contribution in [0, 0.1) is 11.3 Å². The number of hydrogen-bond acceptors (Lipinski definition) is 4. The van der Waals surface area contributed by atoms with Crippen molar-refractivity contribution >= 4 is 15.7 Å². The van der Waals surface area contributed by atoms with E-state index >= 15 is 0 Å². The molecule has 178 valence electrons. The number of hydrogen-bond donors (Lipinski definition) is 1. The first-order valence-electron chi connectivity index (χ1n) is 9.74. The summed E-state index contributed by atoms with van der Waals surface area (Å²) in [5, 5.41) is 18.6. The average molecular weight is 492 g/mol. The fraction of sp³-hybridized carbons (Fsp3) is 0.381. The lowest BCUT2D eigenvalue weighted by Gasteiger charge is -2.34. The molecule has 1 aliphatic carbocycles. The van der Waals surface area contributed by atoms with Gasteiger partial charge in [-0.3, -0.25) is 4.31 Å². The van der Waals surface area contributed by atoms with Gasteiger partial charge in [0.25, 0.3) is 15.6 Å². The molecule has 0 radical (unpaired) electrons. The van der Waals surface area contributed by atoms with E-state index in [1.165, 1.54) is 18.2 Å². The molecule has 1 aliphatic rings. The van der Waals surface area contributed by atoms with Crippen LogP contribution in [-0.4, -0.2) is 31.9 Å². The summed E-state index contributed by atoms with van der Waals surface area (Å²) < 4.78 is 107. The molecule has 0 spiro atoms. The SMILES string of the molecule is N#Cc1cccc(S(=O)(=O)N(c2ccc(C(O)(C(F)(F)F)C(F)(F)F)cc2)C2CCCC2)c1. The van der Waals surface area contributed by atoms with Crippen LogP contribution in [0.25, 0.3) is 0 Å². The Labute approximate surface area is 185 Å². The molecule has 12 heteroatoms. The summed E-state index contributed by atoms with van der Waals surface area (Å²) >= 11 is 0. The zero-order valence-corrected chi connectivity index (χ0v) is 17.7. The zero-order chi connectivity index (χ0) is 24.7. The highest BCUT2D eigenvalue weighted by Crippen LogP contribution is 2.50. The third-order valence-corrected chi connectivity index (χ3v) is 7.41. The maximum absolute atomic E-state index is 13.4. The Morgan fingerprint density at radius 3 is 1.97 bits per heavy atom. The second-order valence-electron chi connectivity index (χ2n) is 7.63. The molecule has 1 saturated carbocycles. The quantitative estimate of drug-likeness (QED) is 0.595. The molecule has 2 aromatic rings. The van der Waals surface area contributed by atoms with Crippen molar-refractivity contribution in [3.63, 3.8) is 0 Å². The summed E-state index contributed by atoms with van der Waals surface area (Å²) in [5.41, 5.74) is -6.68. The van der Waals surface area contributed by atoms with E-state index in [0.717, 1.165) is 22.5 Å². The molecule has 0 unspecified atom stereocenters. The van der Waals surface area contributed by atoms with E-state index in [0.29, 0.717) is 37.8 Å². The van der Waals surface area contributed by atoms with Gasteiger partial charge in [0.2, 0.25) is 0 Å². The van der Waals surface area contributed by atoms with E-state index in [4.69, 9.17) is 5.26 Å². The van der Waals surface area contributed by atoms with Crippen LogP contribution in [0.2, 0.25) is 0 Å². The highest BCUT2D eigenvalue weighted by Gasteiger charge is 2.71. The van der Waals surface area contributed by atoms with Crippen molar-refractivity contribution in [2.24, 2.45) is 0 Å². The van der Waals surface area contributed by atoms with Crippen molar-refractivity contribution in [3.8, 4) is 6.07 Å². The Hall–Kier alpha value is -2.78. The van der Waals surface area contributed by atoms with E-state index in [9.17, 15) is 39.9 Å². The lowest BCUT2D eigenvalue weighted by molar-refractivity contribution is -0.376. The van der Waals surface area contributed by atoms with Gasteiger partial charge in [-0.2, -0.15) is 31.6 Å². The van der Waals surface area contributed by atoms with Crippen LogP contribution in [-0.2, 0) is 15.6 Å². The Morgan fingerprint density at radius 2 is 1.48 bits per heavy atom. The van der Waals surface area contributed by atoms with Crippen molar-refractivity contribution in [2.75, 3.05) is 4.31 Å². The third kappa shape index (κ3) is 4.39. The van der Waals surface area contributed by atoms with Gasteiger partial charge in [-0.25, -0.2) is 8.42 Å². The molecule has 0 aromatic heterocycles. The molecular formula is C21H18F6N2O3S. The van der Waals surface area contributed by atoms with Gasteiger partial charge in [-0.1, -0.05) is 31.0 Å². The van der Waals surface area contributed by atoms with Gasteiger partial charge >= 0.3 is 12.4 Å². The van der Waals surface area contributed by atoms with Gasteiger partial charge in [0.15, 0.2) is 0 Å². The van der Waals surface area contributed by atoms with Gasteiger partial charge in [0.1, 0.15) is 0 Å². The lowest BCUT2D eigenvalue weighted by Crippen LogP contribution is -2.53. The smallest absolute Gasteiger partial charge is 0.369 e. The van der Waals surface area contributed by atoms with Crippen LogP contribution in [0.5, 0.6) is 0 Å². The van der Waals surface area contributed by atoms with Gasteiger partial charge < -0.3 is 5.11 Å². The van der Waals surface area contributed by atoms with Gasteiger partial charge in [0, 0.05) is 11.6 Å². The molecular weight excluding hydrogens is 474 g/mol. The Kier molecular flexibility index (Phi) is 6.43. The van der Waals surface area contributed by atoms with Crippen molar-refractivity contribution < 1.29 is 39.9 Å². The number of nitriles is 1. The third-order valence-electron chi connectivity index (χ3n) is 5.54. The van der Waals surface area contributed by atoms with Crippen LogP contribution in [0.1, 0.15) is 36.8 Å². The number of aliphatic hydroxyl groups is 1. The van der Waals surface area contributed by atoms with Crippen LogP contribution < -0.4 is 4.31 Å². The van der Waals surface area contributed by atoms with Crippen LogP contribution in [0.4, 0.5) is 32.0 Å². The van der Waals surface area contributed by atoms with Crippen molar-refractivity contribution in [1.29, 1.82) is 5.26 Å². The molecule has 5 nitrogen and oxygen atoms in total. The van der Waals surface area contributed by atoms with Crippen LogP contribution in [0.15, 0.2) is 53.4 Å². The molecule has 0 aliphatic heterocycles. The summed E-state index contributed by atoms with van der Waals surface area (Å²) in [6, 6.07) is 8.82. The maximum Gasteiger partial charge on any atom is 0.430 e. The summed E-state index contributed by atoms with van der Waals surface area (Å²) in [5.74, 6) is 0. The van der Waals surface area contributed by atoms with Crippen molar-refractivity contribution in [1.82, 2.24) is 0 Å². The number of halogens is 6. The summed E-state index contributed by atoms with van der Waals surface area (Å²) in [7, 11) is -4.30. The molecule has 3 rings (SSSR count). The van der Waals surface area contributed by atoms with Gasteiger partial charge in [-0.15, -0.1) is 0 Å². The first kappa shape index (κ1) is 24.9. The highest BCUT2D eigenvalue weighted by molar-refractivity contribution is 7.92. The van der Waals surface area contributed by atoms with Crippen LogP contribution in [0.3, 0.4) is 0 Å². The number of sulfonamides is 1. The fourth-order valence-electron chi connectivity index (χ4n) is 3.86. The van der Waals surface area contributed by atoms with Crippen molar-refractivity contribution in [3.05, 3.63) is 59.7 Å². The number of benzene rings is 2. The number of alkyl halides is 6. The predicted octanol–water partition coefficient (Wildman–Crippen LogP) is 5.01. The number of nitrogens with zero attached hydrogens (tertiary/aromatic N) is 2. The second kappa shape index (κ2) is 8.53. The van der Waals surface area contributed by atoms with E-state index in [1.54, 1.807) is 0 Å². The molecule has 2 aromatic carbocycles. The van der Waals surface area contributed by atoms with Crippen LogP contribution >= 0.6 is 0 Å². The Bertz CT molecular complexity index is 1130. The maximum atomic E-state index is 13.4. The second-order valence-corrected chi connectivity index (χ2v) is 9.45. The molecule has 0 saturated heterocycles. The average Bonchev–Trinajstić information content (AvgIpc) is 3.26. The van der Waals surface area contributed by atoms with E-state index < -0.39 is 39.6 Å². The lowest BCUT2D eigenvalue weighted by atomic mass is 9.92. The minimum Gasteiger partial charge on any atom is -0.369 e. The van der Waals surface area contributed by atoms with Crippen molar-refractivity contribution in [2.45, 2.75) is 54.6 Å². The summed E-state index contributed by atoms with van der Waals surface area (Å²) in [4.78, 5) is -0.236.